The van der Waals surface area contributed by atoms with Gasteiger partial charge in [0, 0.05) is 31.0 Å². The smallest absolute Gasteiger partial charge is 0.258 e. The molecule has 0 atom stereocenters. The second-order valence-electron chi connectivity index (χ2n) is 8.50. The molecule has 1 saturated carbocycles. The maximum atomic E-state index is 13.3. The number of amides is 2. The highest BCUT2D eigenvalue weighted by atomic mass is 35.5. The molecule has 2 heterocycles. The van der Waals surface area contributed by atoms with Crippen molar-refractivity contribution in [3.8, 4) is 5.75 Å². The minimum atomic E-state index is -0.531. The largest absolute Gasteiger partial charge is 0.484 e. The van der Waals surface area contributed by atoms with E-state index in [9.17, 15) is 9.59 Å². The lowest BCUT2D eigenvalue weighted by atomic mass is 9.93. The Bertz CT molecular complexity index is 772. The van der Waals surface area contributed by atoms with E-state index in [1.807, 2.05) is 11.9 Å². The number of fused-ring (bicyclic) bond motifs is 1. The number of rotatable bonds is 3. The molecule has 7 heteroatoms. The van der Waals surface area contributed by atoms with Crippen LogP contribution < -0.4 is 4.74 Å². The van der Waals surface area contributed by atoms with Crippen molar-refractivity contribution in [1.29, 1.82) is 0 Å². The van der Waals surface area contributed by atoms with Gasteiger partial charge in [0.05, 0.1) is 25.3 Å². The zero-order chi connectivity index (χ0) is 20.4. The lowest BCUT2D eigenvalue weighted by Crippen LogP contribution is -2.53. The van der Waals surface area contributed by atoms with Crippen molar-refractivity contribution in [2.75, 3.05) is 33.4 Å². The minimum absolute atomic E-state index is 0.0158. The van der Waals surface area contributed by atoms with Gasteiger partial charge in [0.2, 0.25) is 5.91 Å². The second kappa shape index (κ2) is 8.52. The summed E-state index contributed by atoms with van der Waals surface area (Å²) in [6.07, 6.45) is 7.01. The molecule has 1 aromatic carbocycles. The summed E-state index contributed by atoms with van der Waals surface area (Å²) in [4.78, 5) is 29.9. The molecule has 2 fully saturated rings. The number of carbonyl (C=O) groups excluding carboxylic acids is 2. The fourth-order valence-electron chi connectivity index (χ4n) is 4.69. The van der Waals surface area contributed by atoms with E-state index in [4.69, 9.17) is 21.1 Å². The van der Waals surface area contributed by atoms with Crippen LogP contribution in [0.4, 0.5) is 0 Å². The van der Waals surface area contributed by atoms with E-state index in [-0.39, 0.29) is 24.4 Å². The van der Waals surface area contributed by atoms with Gasteiger partial charge in [-0.2, -0.15) is 0 Å². The lowest BCUT2D eigenvalue weighted by Gasteiger charge is -2.39. The maximum Gasteiger partial charge on any atom is 0.258 e. The van der Waals surface area contributed by atoms with Crippen molar-refractivity contribution in [1.82, 2.24) is 9.80 Å². The third-order valence-corrected chi connectivity index (χ3v) is 6.75. The highest BCUT2D eigenvalue weighted by molar-refractivity contribution is 6.31. The summed E-state index contributed by atoms with van der Waals surface area (Å²) < 4.78 is 11.9. The van der Waals surface area contributed by atoms with Crippen LogP contribution in [0.5, 0.6) is 5.75 Å². The van der Waals surface area contributed by atoms with Gasteiger partial charge in [-0.3, -0.25) is 9.59 Å². The Balaban J connectivity index is 1.58. The Morgan fingerprint density at radius 1 is 1.24 bits per heavy atom. The molecule has 1 saturated heterocycles. The first-order valence-corrected chi connectivity index (χ1v) is 11.0. The number of halogens is 1. The van der Waals surface area contributed by atoms with Crippen LogP contribution in [0.25, 0.3) is 0 Å². The number of benzene rings is 1. The summed E-state index contributed by atoms with van der Waals surface area (Å²) in [7, 11) is 1.87. The predicted molar refractivity (Wildman–Crippen MR) is 110 cm³/mol. The SMILES string of the molecule is CN(C(=O)CN1CC2(CCOCC2)Oc2ccc(Cl)cc2C1=O)C1CCCCC1. The monoisotopic (exact) mass is 420 g/mol. The Kier molecular flexibility index (Phi) is 6.02. The topological polar surface area (TPSA) is 59.1 Å². The van der Waals surface area contributed by atoms with Crippen molar-refractivity contribution in [2.45, 2.75) is 56.6 Å². The molecular weight excluding hydrogens is 392 g/mol. The van der Waals surface area contributed by atoms with Crippen LogP contribution in [0.3, 0.4) is 0 Å². The Morgan fingerprint density at radius 2 is 1.97 bits per heavy atom. The predicted octanol–water partition coefficient (Wildman–Crippen LogP) is 3.51. The van der Waals surface area contributed by atoms with E-state index in [1.54, 1.807) is 23.1 Å². The number of likely N-dealkylation sites (N-methyl/N-ethyl adjacent to an activating group) is 1. The van der Waals surface area contributed by atoms with E-state index in [1.165, 1.54) is 6.42 Å². The molecule has 0 aromatic heterocycles. The van der Waals surface area contributed by atoms with Crippen molar-refractivity contribution < 1.29 is 19.1 Å². The summed E-state index contributed by atoms with van der Waals surface area (Å²) in [5, 5.41) is 0.481. The summed E-state index contributed by atoms with van der Waals surface area (Å²) >= 11 is 6.16. The fraction of sp³-hybridized carbons (Fsp3) is 0.636. The van der Waals surface area contributed by atoms with E-state index in [2.05, 4.69) is 0 Å². The van der Waals surface area contributed by atoms with Crippen LogP contribution in [0, 0.1) is 0 Å². The molecule has 0 N–H and O–H groups in total. The van der Waals surface area contributed by atoms with E-state index in [0.717, 1.165) is 25.7 Å². The zero-order valence-corrected chi connectivity index (χ0v) is 17.7. The molecule has 0 bridgehead atoms. The van der Waals surface area contributed by atoms with Crippen LogP contribution >= 0.6 is 11.6 Å². The normalized spacial score (nSPS) is 22.0. The standard InChI is InChI=1S/C22H29ClN2O4/c1-24(17-5-3-2-4-6-17)20(26)14-25-15-22(9-11-28-12-10-22)29-19-8-7-16(23)13-18(19)21(25)27/h7-8,13,17H,2-6,9-12,14-15H2,1H3. The molecule has 0 radical (unpaired) electrons. The van der Waals surface area contributed by atoms with Gasteiger partial charge < -0.3 is 19.3 Å². The summed E-state index contributed by atoms with van der Waals surface area (Å²) in [6, 6.07) is 5.40. The van der Waals surface area contributed by atoms with E-state index < -0.39 is 5.60 Å². The lowest BCUT2D eigenvalue weighted by molar-refractivity contribution is -0.134. The van der Waals surface area contributed by atoms with Crippen molar-refractivity contribution in [3.63, 3.8) is 0 Å². The molecule has 158 valence electrons. The van der Waals surface area contributed by atoms with Crippen LogP contribution in [0.2, 0.25) is 5.02 Å². The zero-order valence-electron chi connectivity index (χ0n) is 17.0. The van der Waals surface area contributed by atoms with Gasteiger partial charge in [-0.25, -0.2) is 0 Å². The molecule has 29 heavy (non-hydrogen) atoms. The average molecular weight is 421 g/mol. The molecule has 1 spiro atoms. The van der Waals surface area contributed by atoms with E-state index >= 15 is 0 Å². The summed E-state index contributed by atoms with van der Waals surface area (Å²) in [5.41, 5.74) is -0.106. The summed E-state index contributed by atoms with van der Waals surface area (Å²) in [6.45, 7) is 1.61. The number of hydrogen-bond acceptors (Lipinski definition) is 4. The van der Waals surface area contributed by atoms with Crippen molar-refractivity contribution in [3.05, 3.63) is 28.8 Å². The van der Waals surface area contributed by atoms with Crippen LogP contribution in [0.15, 0.2) is 18.2 Å². The third kappa shape index (κ3) is 4.38. The quantitative estimate of drug-likeness (QED) is 0.750. The molecule has 2 amide bonds. The highest BCUT2D eigenvalue weighted by Gasteiger charge is 2.42. The van der Waals surface area contributed by atoms with Crippen LogP contribution in [-0.4, -0.2) is 66.6 Å². The van der Waals surface area contributed by atoms with Crippen LogP contribution in [0.1, 0.15) is 55.3 Å². The van der Waals surface area contributed by atoms with Gasteiger partial charge in [0.15, 0.2) is 0 Å². The third-order valence-electron chi connectivity index (χ3n) is 6.51. The first-order valence-electron chi connectivity index (χ1n) is 10.6. The number of ether oxygens (including phenoxy) is 2. The van der Waals surface area contributed by atoms with Crippen molar-refractivity contribution in [2.24, 2.45) is 0 Å². The minimum Gasteiger partial charge on any atom is -0.484 e. The maximum absolute atomic E-state index is 13.3. The van der Waals surface area contributed by atoms with Gasteiger partial charge in [0.1, 0.15) is 17.9 Å². The summed E-state index contributed by atoms with van der Waals surface area (Å²) in [5.74, 6) is 0.325. The molecule has 4 rings (SSSR count). The van der Waals surface area contributed by atoms with Gasteiger partial charge in [-0.15, -0.1) is 0 Å². The van der Waals surface area contributed by atoms with Crippen LogP contribution in [-0.2, 0) is 9.53 Å². The van der Waals surface area contributed by atoms with Gasteiger partial charge in [-0.1, -0.05) is 30.9 Å². The molecule has 2 aliphatic heterocycles. The Morgan fingerprint density at radius 3 is 2.69 bits per heavy atom. The second-order valence-corrected chi connectivity index (χ2v) is 8.93. The van der Waals surface area contributed by atoms with Gasteiger partial charge in [0.25, 0.3) is 5.91 Å². The number of carbonyl (C=O) groups is 2. The fourth-order valence-corrected chi connectivity index (χ4v) is 4.86. The van der Waals surface area contributed by atoms with E-state index in [0.29, 0.717) is 48.9 Å². The molecule has 1 aromatic rings. The first kappa shape index (κ1) is 20.5. The molecule has 3 aliphatic rings. The molecule has 1 aliphatic carbocycles. The van der Waals surface area contributed by atoms with Gasteiger partial charge >= 0.3 is 0 Å². The molecular formula is C22H29ClN2O4. The first-order chi connectivity index (χ1) is 14.0. The Labute approximate surface area is 177 Å². The average Bonchev–Trinajstić information content (AvgIpc) is 2.84. The number of nitrogens with zero attached hydrogens (tertiary/aromatic N) is 2. The number of hydrogen-bond donors (Lipinski definition) is 0. The van der Waals surface area contributed by atoms with Crippen molar-refractivity contribution >= 4 is 23.4 Å². The van der Waals surface area contributed by atoms with Gasteiger partial charge in [-0.05, 0) is 31.0 Å². The highest BCUT2D eigenvalue weighted by Crippen LogP contribution is 2.36. The molecule has 6 nitrogen and oxygen atoms in total. The molecule has 0 unspecified atom stereocenters. The Hall–Kier alpha value is -1.79.